The van der Waals surface area contributed by atoms with Gasteiger partial charge in [-0.15, -0.1) is 0 Å². The van der Waals surface area contributed by atoms with E-state index in [9.17, 15) is 9.90 Å². The standard InChI is InChI=1S/C13H24N2O2/c16-13(17)12(10-5-7-14-8-6-10)9-15-11-3-1-2-4-11/h10-12,14-15H,1-9H2,(H,16,17). The number of hydrogen-bond donors (Lipinski definition) is 3. The third-order valence-electron chi connectivity index (χ3n) is 4.25. The smallest absolute Gasteiger partial charge is 0.308 e. The molecular formula is C13H24N2O2. The molecule has 1 aliphatic carbocycles. The zero-order valence-electron chi connectivity index (χ0n) is 10.5. The van der Waals surface area contributed by atoms with Crippen LogP contribution in [0.1, 0.15) is 38.5 Å². The molecule has 17 heavy (non-hydrogen) atoms. The molecule has 0 amide bonds. The van der Waals surface area contributed by atoms with Crippen molar-refractivity contribution in [3.05, 3.63) is 0 Å². The lowest BCUT2D eigenvalue weighted by atomic mass is 9.84. The second kappa shape index (κ2) is 6.36. The van der Waals surface area contributed by atoms with E-state index in [2.05, 4.69) is 10.6 Å². The van der Waals surface area contributed by atoms with Crippen LogP contribution >= 0.6 is 0 Å². The summed E-state index contributed by atoms with van der Waals surface area (Å²) in [6.07, 6.45) is 7.04. The fourth-order valence-corrected chi connectivity index (χ4v) is 3.13. The number of carbonyl (C=O) groups is 1. The summed E-state index contributed by atoms with van der Waals surface area (Å²) in [6.45, 7) is 2.60. The molecule has 1 aliphatic heterocycles. The fourth-order valence-electron chi connectivity index (χ4n) is 3.13. The molecule has 3 N–H and O–H groups in total. The van der Waals surface area contributed by atoms with Crippen molar-refractivity contribution in [3.63, 3.8) is 0 Å². The third kappa shape index (κ3) is 3.68. The van der Waals surface area contributed by atoms with E-state index in [0.717, 1.165) is 25.9 Å². The third-order valence-corrected chi connectivity index (χ3v) is 4.25. The average Bonchev–Trinajstić information content (AvgIpc) is 2.83. The number of aliphatic carboxylic acids is 1. The van der Waals surface area contributed by atoms with Crippen molar-refractivity contribution in [3.8, 4) is 0 Å². The predicted octanol–water partition coefficient (Wildman–Crippen LogP) is 1.22. The summed E-state index contributed by atoms with van der Waals surface area (Å²) in [5, 5.41) is 16.1. The van der Waals surface area contributed by atoms with Crippen molar-refractivity contribution in [1.29, 1.82) is 0 Å². The van der Waals surface area contributed by atoms with Gasteiger partial charge in [-0.05, 0) is 44.7 Å². The molecule has 2 rings (SSSR count). The van der Waals surface area contributed by atoms with Gasteiger partial charge < -0.3 is 15.7 Å². The minimum absolute atomic E-state index is 0.197. The van der Waals surface area contributed by atoms with Gasteiger partial charge in [-0.1, -0.05) is 12.8 Å². The summed E-state index contributed by atoms with van der Waals surface area (Å²) in [5.41, 5.74) is 0. The van der Waals surface area contributed by atoms with Gasteiger partial charge in [0.15, 0.2) is 0 Å². The summed E-state index contributed by atoms with van der Waals surface area (Å²) in [7, 11) is 0. The van der Waals surface area contributed by atoms with Crippen LogP contribution in [0.4, 0.5) is 0 Å². The highest BCUT2D eigenvalue weighted by Gasteiger charge is 2.29. The quantitative estimate of drug-likeness (QED) is 0.676. The molecule has 4 nitrogen and oxygen atoms in total. The van der Waals surface area contributed by atoms with Crippen LogP contribution in [-0.4, -0.2) is 36.8 Å². The molecule has 0 aromatic carbocycles. The van der Waals surface area contributed by atoms with Gasteiger partial charge in [0.2, 0.25) is 0 Å². The number of rotatable bonds is 5. The largest absolute Gasteiger partial charge is 0.481 e. The zero-order valence-corrected chi connectivity index (χ0v) is 10.5. The lowest BCUT2D eigenvalue weighted by Gasteiger charge is -2.29. The highest BCUT2D eigenvalue weighted by atomic mass is 16.4. The molecular weight excluding hydrogens is 216 g/mol. The molecule has 1 saturated carbocycles. The van der Waals surface area contributed by atoms with E-state index in [0.29, 0.717) is 18.5 Å². The minimum Gasteiger partial charge on any atom is -0.481 e. The van der Waals surface area contributed by atoms with E-state index in [1.807, 2.05) is 0 Å². The lowest BCUT2D eigenvalue weighted by Crippen LogP contribution is -2.41. The van der Waals surface area contributed by atoms with Crippen LogP contribution in [-0.2, 0) is 4.79 Å². The molecule has 98 valence electrons. The molecule has 1 unspecified atom stereocenters. The highest BCUT2D eigenvalue weighted by molar-refractivity contribution is 5.70. The van der Waals surface area contributed by atoms with E-state index in [4.69, 9.17) is 0 Å². The Morgan fingerprint density at radius 2 is 1.88 bits per heavy atom. The monoisotopic (exact) mass is 240 g/mol. The summed E-state index contributed by atoms with van der Waals surface area (Å²) >= 11 is 0. The predicted molar refractivity (Wildman–Crippen MR) is 67.0 cm³/mol. The summed E-state index contributed by atoms with van der Waals surface area (Å²) in [5.74, 6) is -0.470. The van der Waals surface area contributed by atoms with Crippen molar-refractivity contribution in [2.75, 3.05) is 19.6 Å². The van der Waals surface area contributed by atoms with Crippen molar-refractivity contribution >= 4 is 5.97 Å². The van der Waals surface area contributed by atoms with E-state index in [1.54, 1.807) is 0 Å². The maximum atomic E-state index is 11.3. The first-order chi connectivity index (χ1) is 8.27. The number of hydrogen-bond acceptors (Lipinski definition) is 3. The van der Waals surface area contributed by atoms with Crippen LogP contribution < -0.4 is 10.6 Å². The first kappa shape index (κ1) is 12.8. The van der Waals surface area contributed by atoms with Crippen molar-refractivity contribution in [2.24, 2.45) is 11.8 Å². The minimum atomic E-state index is -0.623. The molecule has 1 atom stereocenters. The Kier molecular flexibility index (Phi) is 4.80. The second-order valence-corrected chi connectivity index (χ2v) is 5.42. The van der Waals surface area contributed by atoms with Gasteiger partial charge in [0, 0.05) is 12.6 Å². The molecule has 0 bridgehead atoms. The molecule has 0 aromatic rings. The Balaban J connectivity index is 1.80. The topological polar surface area (TPSA) is 61.4 Å². The van der Waals surface area contributed by atoms with Gasteiger partial charge in [0.25, 0.3) is 0 Å². The molecule has 2 aliphatic rings. The summed E-state index contributed by atoms with van der Waals surface area (Å²) in [6, 6.07) is 0.568. The first-order valence-electron chi connectivity index (χ1n) is 6.94. The maximum absolute atomic E-state index is 11.3. The SMILES string of the molecule is O=C(O)C(CNC1CCCC1)C1CCNCC1. The van der Waals surface area contributed by atoms with Crippen LogP contribution in [0, 0.1) is 11.8 Å². The average molecular weight is 240 g/mol. The number of carboxylic acid groups (broad SMARTS) is 1. The van der Waals surface area contributed by atoms with Crippen LogP contribution in [0.5, 0.6) is 0 Å². The van der Waals surface area contributed by atoms with Crippen molar-refractivity contribution in [2.45, 2.75) is 44.6 Å². The maximum Gasteiger partial charge on any atom is 0.308 e. The molecule has 1 heterocycles. The normalized spacial score (nSPS) is 24.9. The first-order valence-corrected chi connectivity index (χ1v) is 6.94. The van der Waals surface area contributed by atoms with Crippen molar-refractivity contribution in [1.82, 2.24) is 10.6 Å². The summed E-state index contributed by atoms with van der Waals surface area (Å²) < 4.78 is 0. The number of piperidine rings is 1. The van der Waals surface area contributed by atoms with E-state index in [1.165, 1.54) is 25.7 Å². The van der Waals surface area contributed by atoms with Crippen molar-refractivity contribution < 1.29 is 9.90 Å². The Morgan fingerprint density at radius 1 is 1.24 bits per heavy atom. The molecule has 1 saturated heterocycles. The van der Waals surface area contributed by atoms with E-state index < -0.39 is 5.97 Å². The molecule has 0 spiro atoms. The van der Waals surface area contributed by atoms with Crippen LogP contribution in [0.25, 0.3) is 0 Å². The number of carboxylic acids is 1. The second-order valence-electron chi connectivity index (χ2n) is 5.42. The van der Waals surface area contributed by atoms with Gasteiger partial charge in [0.1, 0.15) is 0 Å². The Hall–Kier alpha value is -0.610. The molecule has 4 heteroatoms. The van der Waals surface area contributed by atoms with Crippen LogP contribution in [0.15, 0.2) is 0 Å². The van der Waals surface area contributed by atoms with Crippen LogP contribution in [0.3, 0.4) is 0 Å². The van der Waals surface area contributed by atoms with Gasteiger partial charge in [0.05, 0.1) is 5.92 Å². The zero-order chi connectivity index (χ0) is 12.1. The van der Waals surface area contributed by atoms with Gasteiger partial charge in [-0.25, -0.2) is 0 Å². The molecule has 0 aromatic heterocycles. The molecule has 2 fully saturated rings. The lowest BCUT2D eigenvalue weighted by molar-refractivity contribution is -0.143. The van der Waals surface area contributed by atoms with Gasteiger partial charge in [-0.2, -0.15) is 0 Å². The Bertz CT molecular complexity index is 246. The van der Waals surface area contributed by atoms with E-state index >= 15 is 0 Å². The summed E-state index contributed by atoms with van der Waals surface area (Å²) in [4.78, 5) is 11.3. The van der Waals surface area contributed by atoms with Crippen LogP contribution in [0.2, 0.25) is 0 Å². The highest BCUT2D eigenvalue weighted by Crippen LogP contribution is 2.23. The Morgan fingerprint density at radius 3 is 2.47 bits per heavy atom. The Labute approximate surface area is 103 Å². The van der Waals surface area contributed by atoms with Gasteiger partial charge in [-0.3, -0.25) is 4.79 Å². The van der Waals surface area contributed by atoms with E-state index in [-0.39, 0.29) is 5.92 Å². The molecule has 0 radical (unpaired) electrons. The fraction of sp³-hybridized carbons (Fsp3) is 0.923. The van der Waals surface area contributed by atoms with Gasteiger partial charge >= 0.3 is 5.97 Å². The number of nitrogens with one attached hydrogen (secondary N) is 2.